The summed E-state index contributed by atoms with van der Waals surface area (Å²) in [5.74, 6) is 4.93. The van der Waals surface area contributed by atoms with Gasteiger partial charge < -0.3 is 4.84 Å². The van der Waals surface area contributed by atoms with Gasteiger partial charge in [0.25, 0.3) is 0 Å². The topological polar surface area (TPSA) is 72.6 Å². The summed E-state index contributed by atoms with van der Waals surface area (Å²) < 4.78 is 39.6. The van der Waals surface area contributed by atoms with Gasteiger partial charge in [-0.3, -0.25) is 0 Å². The third-order valence-electron chi connectivity index (χ3n) is 3.67. The van der Waals surface area contributed by atoms with Crippen LogP contribution in [0.3, 0.4) is 0 Å². The molecule has 112 valence electrons. The van der Waals surface area contributed by atoms with E-state index in [-0.39, 0.29) is 4.90 Å². The Kier molecular flexibility index (Phi) is 4.74. The average Bonchev–Trinajstić information content (AvgIpc) is 2.43. The van der Waals surface area contributed by atoms with E-state index in [0.29, 0.717) is 31.2 Å². The molecule has 1 aliphatic rings. The lowest BCUT2D eigenvalue weighted by atomic mass is 9.99. The van der Waals surface area contributed by atoms with Crippen LogP contribution in [0.15, 0.2) is 23.1 Å². The molecule has 0 amide bonds. The molecule has 0 radical (unpaired) electrons. The van der Waals surface area contributed by atoms with Gasteiger partial charge >= 0.3 is 0 Å². The van der Waals surface area contributed by atoms with Gasteiger partial charge in [0.1, 0.15) is 5.82 Å². The van der Waals surface area contributed by atoms with E-state index < -0.39 is 15.8 Å². The fourth-order valence-corrected chi connectivity index (χ4v) is 3.93. The molecular formula is C13H19FN2O3S. The van der Waals surface area contributed by atoms with Crippen molar-refractivity contribution in [2.75, 3.05) is 19.7 Å². The smallest absolute Gasteiger partial charge is 0.243 e. The number of nitrogens with zero attached hydrogens (tertiary/aromatic N) is 1. The Balaban J connectivity index is 2.13. The van der Waals surface area contributed by atoms with E-state index in [9.17, 15) is 12.8 Å². The number of aryl methyl sites for hydroxylation is 1. The highest BCUT2D eigenvalue weighted by Crippen LogP contribution is 2.24. The van der Waals surface area contributed by atoms with E-state index in [4.69, 9.17) is 5.90 Å². The van der Waals surface area contributed by atoms with Crippen molar-refractivity contribution < 1.29 is 17.6 Å². The van der Waals surface area contributed by atoms with Gasteiger partial charge in [-0.1, -0.05) is 0 Å². The maximum absolute atomic E-state index is 13.2. The normalized spacial score (nSPS) is 18.4. The van der Waals surface area contributed by atoms with Crippen molar-refractivity contribution in [2.45, 2.75) is 24.7 Å². The molecule has 0 bridgehead atoms. The number of halogens is 1. The van der Waals surface area contributed by atoms with Gasteiger partial charge in [-0.05, 0) is 49.4 Å². The van der Waals surface area contributed by atoms with Gasteiger partial charge in [-0.25, -0.2) is 18.7 Å². The van der Waals surface area contributed by atoms with E-state index in [2.05, 4.69) is 4.84 Å². The van der Waals surface area contributed by atoms with Crippen molar-refractivity contribution in [1.82, 2.24) is 4.31 Å². The summed E-state index contributed by atoms with van der Waals surface area (Å²) in [5, 5.41) is 0. The van der Waals surface area contributed by atoms with Crippen LogP contribution in [0.4, 0.5) is 4.39 Å². The SMILES string of the molecule is Cc1cc(S(=O)(=O)N2CCC(CON)CC2)ccc1F. The summed E-state index contributed by atoms with van der Waals surface area (Å²) in [4.78, 5) is 4.75. The summed E-state index contributed by atoms with van der Waals surface area (Å²) in [5.41, 5.74) is 0.331. The van der Waals surface area contributed by atoms with Gasteiger partial charge in [-0.2, -0.15) is 4.31 Å². The Morgan fingerprint density at radius 1 is 1.40 bits per heavy atom. The van der Waals surface area contributed by atoms with Crippen LogP contribution < -0.4 is 5.90 Å². The lowest BCUT2D eigenvalue weighted by Crippen LogP contribution is -2.39. The third-order valence-corrected chi connectivity index (χ3v) is 5.57. The molecule has 7 heteroatoms. The van der Waals surface area contributed by atoms with Crippen molar-refractivity contribution >= 4 is 10.0 Å². The summed E-state index contributed by atoms with van der Waals surface area (Å²) in [6.45, 7) is 2.88. The molecule has 1 aliphatic heterocycles. The number of nitrogens with two attached hydrogens (primary N) is 1. The van der Waals surface area contributed by atoms with Crippen LogP contribution >= 0.6 is 0 Å². The van der Waals surface area contributed by atoms with E-state index in [1.54, 1.807) is 6.92 Å². The summed E-state index contributed by atoms with van der Waals surface area (Å²) in [7, 11) is -3.55. The Bertz CT molecular complexity index is 569. The average molecular weight is 302 g/mol. The van der Waals surface area contributed by atoms with Crippen LogP contribution in [-0.4, -0.2) is 32.4 Å². The third kappa shape index (κ3) is 3.17. The van der Waals surface area contributed by atoms with E-state index in [0.717, 1.165) is 12.8 Å². The lowest BCUT2D eigenvalue weighted by molar-refractivity contribution is 0.0805. The van der Waals surface area contributed by atoms with Crippen molar-refractivity contribution in [3.8, 4) is 0 Å². The quantitative estimate of drug-likeness (QED) is 0.854. The zero-order chi connectivity index (χ0) is 14.8. The van der Waals surface area contributed by atoms with E-state index in [1.165, 1.54) is 22.5 Å². The number of rotatable bonds is 4. The van der Waals surface area contributed by atoms with E-state index in [1.807, 2.05) is 0 Å². The molecular weight excluding hydrogens is 283 g/mol. The maximum Gasteiger partial charge on any atom is 0.243 e. The molecule has 1 heterocycles. The number of hydrogen-bond acceptors (Lipinski definition) is 4. The molecule has 1 aromatic rings. The van der Waals surface area contributed by atoms with Crippen molar-refractivity contribution in [3.05, 3.63) is 29.6 Å². The van der Waals surface area contributed by atoms with Gasteiger partial charge in [0.2, 0.25) is 10.0 Å². The van der Waals surface area contributed by atoms with Gasteiger partial charge in [-0.15, -0.1) is 0 Å². The molecule has 0 aromatic heterocycles. The molecule has 0 aliphatic carbocycles. The minimum atomic E-state index is -3.55. The summed E-state index contributed by atoms with van der Waals surface area (Å²) >= 11 is 0. The summed E-state index contributed by atoms with van der Waals surface area (Å²) in [6.07, 6.45) is 1.44. The molecule has 2 N–H and O–H groups in total. The van der Waals surface area contributed by atoms with E-state index >= 15 is 0 Å². The molecule has 0 unspecified atom stereocenters. The highest BCUT2D eigenvalue weighted by atomic mass is 32.2. The van der Waals surface area contributed by atoms with Crippen LogP contribution in [0.1, 0.15) is 18.4 Å². The fraction of sp³-hybridized carbons (Fsp3) is 0.538. The maximum atomic E-state index is 13.2. The van der Waals surface area contributed by atoms with Crippen LogP contribution in [0.25, 0.3) is 0 Å². The molecule has 1 saturated heterocycles. The first-order chi connectivity index (χ1) is 9.45. The Morgan fingerprint density at radius 3 is 2.60 bits per heavy atom. The molecule has 1 fully saturated rings. The minimum Gasteiger partial charge on any atom is -0.304 e. The van der Waals surface area contributed by atoms with Crippen molar-refractivity contribution in [2.24, 2.45) is 11.8 Å². The minimum absolute atomic E-state index is 0.143. The summed E-state index contributed by atoms with van der Waals surface area (Å²) in [6, 6.07) is 3.88. The number of piperidine rings is 1. The molecule has 1 aromatic carbocycles. The Labute approximate surface area is 118 Å². The zero-order valence-corrected chi connectivity index (χ0v) is 12.2. The molecule has 0 saturated carbocycles. The van der Waals surface area contributed by atoms with Crippen molar-refractivity contribution in [3.63, 3.8) is 0 Å². The van der Waals surface area contributed by atoms with Gasteiger partial charge in [0.15, 0.2) is 0 Å². The van der Waals surface area contributed by atoms with Crippen LogP contribution in [0.2, 0.25) is 0 Å². The number of sulfonamides is 1. The predicted octanol–water partition coefficient (Wildman–Crippen LogP) is 1.43. The Hall–Kier alpha value is -1.02. The zero-order valence-electron chi connectivity index (χ0n) is 11.4. The largest absolute Gasteiger partial charge is 0.304 e. The fourth-order valence-electron chi connectivity index (χ4n) is 2.38. The molecule has 0 spiro atoms. The van der Waals surface area contributed by atoms with Gasteiger partial charge in [0.05, 0.1) is 11.5 Å². The molecule has 0 atom stereocenters. The molecule has 2 rings (SSSR count). The second kappa shape index (κ2) is 6.17. The second-order valence-corrected chi connectivity index (χ2v) is 7.03. The predicted molar refractivity (Wildman–Crippen MR) is 72.8 cm³/mol. The molecule has 20 heavy (non-hydrogen) atoms. The first kappa shape index (κ1) is 15.4. The monoisotopic (exact) mass is 302 g/mol. The highest BCUT2D eigenvalue weighted by molar-refractivity contribution is 7.89. The lowest BCUT2D eigenvalue weighted by Gasteiger charge is -2.30. The van der Waals surface area contributed by atoms with Gasteiger partial charge in [0, 0.05) is 13.1 Å². The molecule has 5 nitrogen and oxygen atoms in total. The second-order valence-electron chi connectivity index (χ2n) is 5.09. The number of benzene rings is 1. The highest BCUT2D eigenvalue weighted by Gasteiger charge is 2.29. The first-order valence-corrected chi connectivity index (χ1v) is 7.97. The standard InChI is InChI=1S/C13H19FN2O3S/c1-10-8-12(2-3-13(10)14)20(17,18)16-6-4-11(5-7-16)9-19-15/h2-3,8,11H,4-7,9,15H2,1H3. The van der Waals surface area contributed by atoms with Crippen LogP contribution in [0, 0.1) is 18.7 Å². The Morgan fingerprint density at radius 2 is 2.05 bits per heavy atom. The van der Waals surface area contributed by atoms with Crippen molar-refractivity contribution in [1.29, 1.82) is 0 Å². The number of hydrogen-bond donors (Lipinski definition) is 1. The van der Waals surface area contributed by atoms with Crippen LogP contribution in [0.5, 0.6) is 0 Å². The first-order valence-electron chi connectivity index (χ1n) is 6.53. The van der Waals surface area contributed by atoms with Crippen LogP contribution in [-0.2, 0) is 14.9 Å².